The molecule has 6 nitrogen and oxygen atoms in total. The van der Waals surface area contributed by atoms with Crippen LogP contribution in [0, 0.1) is 0 Å². The van der Waals surface area contributed by atoms with E-state index in [1.165, 1.54) is 10.4 Å². The molecule has 1 aromatic carbocycles. The van der Waals surface area contributed by atoms with Crippen molar-refractivity contribution in [1.82, 2.24) is 14.9 Å². The number of ether oxygens (including phenoxy) is 1. The van der Waals surface area contributed by atoms with E-state index in [1.54, 1.807) is 47.0 Å². The maximum absolute atomic E-state index is 12.8. The van der Waals surface area contributed by atoms with Gasteiger partial charge >= 0.3 is 0 Å². The number of thiophene rings is 1. The Kier molecular flexibility index (Phi) is 5.10. The molecule has 1 amide bonds. The Morgan fingerprint density at radius 2 is 2.00 bits per heavy atom. The highest BCUT2D eigenvalue weighted by molar-refractivity contribution is 7.15. The van der Waals surface area contributed by atoms with Crippen LogP contribution in [-0.2, 0) is 21.6 Å². The number of benzene rings is 1. The highest BCUT2D eigenvalue weighted by Crippen LogP contribution is 2.47. The molecule has 7 heteroatoms. The van der Waals surface area contributed by atoms with E-state index < -0.39 is 6.10 Å². The van der Waals surface area contributed by atoms with E-state index in [9.17, 15) is 9.90 Å². The second-order valence-corrected chi connectivity index (χ2v) is 8.84. The van der Waals surface area contributed by atoms with E-state index >= 15 is 0 Å². The van der Waals surface area contributed by atoms with Gasteiger partial charge in [0.1, 0.15) is 5.60 Å². The molecule has 1 N–H and O–H groups in total. The number of hydrogen-bond donors (Lipinski definition) is 1. The number of carbonyl (C=O) groups excluding carboxylic acids is 1. The number of fused-ring (bicyclic) bond motifs is 2. The second-order valence-electron chi connectivity index (χ2n) is 7.79. The largest absolute Gasteiger partial charge is 0.378 e. The zero-order valence-electron chi connectivity index (χ0n) is 16.5. The van der Waals surface area contributed by atoms with Gasteiger partial charge in [0.25, 0.3) is 5.91 Å². The number of nitrogens with zero attached hydrogens (tertiary/aromatic N) is 3. The summed E-state index contributed by atoms with van der Waals surface area (Å²) in [5.41, 5.74) is 2.47. The van der Waals surface area contributed by atoms with E-state index in [0.717, 1.165) is 29.8 Å². The van der Waals surface area contributed by atoms with Crippen LogP contribution >= 0.6 is 11.3 Å². The molecule has 1 atom stereocenters. The highest BCUT2D eigenvalue weighted by atomic mass is 32.1. The molecule has 154 valence electrons. The summed E-state index contributed by atoms with van der Waals surface area (Å²) >= 11 is 1.73. The number of hydrogen-bond acceptors (Lipinski definition) is 6. The zero-order valence-corrected chi connectivity index (χ0v) is 17.3. The van der Waals surface area contributed by atoms with Crippen molar-refractivity contribution in [2.45, 2.75) is 31.0 Å². The van der Waals surface area contributed by atoms with Crippen molar-refractivity contribution < 1.29 is 14.6 Å². The molecule has 4 heterocycles. The first-order valence-electron chi connectivity index (χ1n) is 10.2. The van der Waals surface area contributed by atoms with Crippen molar-refractivity contribution in [3.8, 4) is 10.6 Å². The second kappa shape index (κ2) is 7.91. The van der Waals surface area contributed by atoms with Crippen LogP contribution in [0.1, 0.15) is 34.9 Å². The number of aromatic nitrogens is 2. The van der Waals surface area contributed by atoms with Gasteiger partial charge in [-0.2, -0.15) is 0 Å². The van der Waals surface area contributed by atoms with Crippen molar-refractivity contribution in [2.75, 3.05) is 19.7 Å². The molecule has 0 saturated carbocycles. The van der Waals surface area contributed by atoms with Gasteiger partial charge in [-0.25, -0.2) is 0 Å². The van der Waals surface area contributed by atoms with E-state index in [4.69, 9.17) is 4.74 Å². The molecule has 1 spiro atoms. The minimum atomic E-state index is -1.12. The van der Waals surface area contributed by atoms with Crippen LogP contribution in [0.4, 0.5) is 0 Å². The first-order chi connectivity index (χ1) is 14.7. The third-order valence-corrected chi connectivity index (χ3v) is 7.41. The Balaban J connectivity index is 1.34. The van der Waals surface area contributed by atoms with Crippen LogP contribution in [0.25, 0.3) is 10.6 Å². The van der Waals surface area contributed by atoms with Gasteiger partial charge in [-0.05, 0) is 36.5 Å². The van der Waals surface area contributed by atoms with Crippen molar-refractivity contribution in [1.29, 1.82) is 0 Å². The number of likely N-dealkylation sites (tertiary alicyclic amines) is 1. The molecule has 5 rings (SSSR count). The summed E-state index contributed by atoms with van der Waals surface area (Å²) in [6, 6.07) is 11.3. The monoisotopic (exact) mass is 421 g/mol. The Morgan fingerprint density at radius 1 is 1.20 bits per heavy atom. The van der Waals surface area contributed by atoms with E-state index in [2.05, 4.69) is 16.0 Å². The topological polar surface area (TPSA) is 75.5 Å². The van der Waals surface area contributed by atoms with Crippen molar-refractivity contribution in [3.63, 3.8) is 0 Å². The summed E-state index contributed by atoms with van der Waals surface area (Å²) < 4.78 is 6.33. The summed E-state index contributed by atoms with van der Waals surface area (Å²) in [6.45, 7) is 1.82. The van der Waals surface area contributed by atoms with E-state index in [-0.39, 0.29) is 11.5 Å². The highest BCUT2D eigenvalue weighted by Gasteiger charge is 2.44. The number of piperidine rings is 1. The average Bonchev–Trinajstić information content (AvgIpc) is 3.26. The van der Waals surface area contributed by atoms with Crippen LogP contribution in [0.15, 0.2) is 55.0 Å². The molecule has 3 aromatic rings. The summed E-state index contributed by atoms with van der Waals surface area (Å²) in [7, 11) is 0. The lowest BCUT2D eigenvalue weighted by atomic mass is 9.85. The number of amides is 1. The Morgan fingerprint density at radius 3 is 2.73 bits per heavy atom. The molecular formula is C23H23N3O3S. The maximum atomic E-state index is 12.8. The molecule has 1 saturated heterocycles. The summed E-state index contributed by atoms with van der Waals surface area (Å²) in [4.78, 5) is 25.6. The lowest BCUT2D eigenvalue weighted by Gasteiger charge is -2.44. The number of aliphatic hydroxyl groups is 1. The molecule has 1 fully saturated rings. The molecule has 1 unspecified atom stereocenters. The first kappa shape index (κ1) is 19.4. The van der Waals surface area contributed by atoms with Gasteiger partial charge in [-0.1, -0.05) is 30.3 Å². The predicted molar refractivity (Wildman–Crippen MR) is 114 cm³/mol. The van der Waals surface area contributed by atoms with Gasteiger partial charge in [-0.3, -0.25) is 14.8 Å². The first-order valence-corrected chi connectivity index (χ1v) is 11.0. The van der Waals surface area contributed by atoms with Gasteiger partial charge in [0.15, 0.2) is 6.10 Å². The normalized spacial score (nSPS) is 18.8. The predicted octanol–water partition coefficient (Wildman–Crippen LogP) is 3.33. The number of carbonyl (C=O) groups is 1. The molecule has 2 aromatic heterocycles. The molecule has 2 aliphatic rings. The molecule has 30 heavy (non-hydrogen) atoms. The van der Waals surface area contributed by atoms with Gasteiger partial charge in [0, 0.05) is 30.4 Å². The van der Waals surface area contributed by atoms with Gasteiger partial charge < -0.3 is 14.7 Å². The number of rotatable bonds is 3. The van der Waals surface area contributed by atoms with E-state index in [0.29, 0.717) is 25.3 Å². The maximum Gasteiger partial charge on any atom is 0.256 e. The van der Waals surface area contributed by atoms with Crippen molar-refractivity contribution in [2.24, 2.45) is 0 Å². The molecule has 0 bridgehead atoms. The Bertz CT molecular complexity index is 1030. The molecule has 2 aliphatic heterocycles. The lowest BCUT2D eigenvalue weighted by Crippen LogP contribution is -2.49. The van der Waals surface area contributed by atoms with Gasteiger partial charge in [0.2, 0.25) is 0 Å². The minimum Gasteiger partial charge on any atom is -0.378 e. The molecular weight excluding hydrogens is 398 g/mol. The van der Waals surface area contributed by atoms with E-state index in [1.807, 2.05) is 18.2 Å². The zero-order chi connectivity index (χ0) is 20.6. The third-order valence-electron chi connectivity index (χ3n) is 6.02. The van der Waals surface area contributed by atoms with Crippen LogP contribution in [0.2, 0.25) is 0 Å². The smallest absolute Gasteiger partial charge is 0.256 e. The summed E-state index contributed by atoms with van der Waals surface area (Å²) in [5.74, 6) is -0.237. The lowest BCUT2D eigenvalue weighted by molar-refractivity contribution is -0.148. The fourth-order valence-corrected chi connectivity index (χ4v) is 5.76. The summed E-state index contributed by atoms with van der Waals surface area (Å²) in [5, 5.41) is 10.5. The minimum absolute atomic E-state index is 0.237. The van der Waals surface area contributed by atoms with Crippen molar-refractivity contribution >= 4 is 17.2 Å². The Labute approximate surface area is 179 Å². The molecule has 0 radical (unpaired) electrons. The van der Waals surface area contributed by atoms with Gasteiger partial charge in [-0.15, -0.1) is 11.3 Å². The van der Waals surface area contributed by atoms with Gasteiger partial charge in [0.05, 0.1) is 23.4 Å². The quantitative estimate of drug-likeness (QED) is 0.702. The van der Waals surface area contributed by atoms with Crippen LogP contribution in [0.3, 0.4) is 0 Å². The fraction of sp³-hybridized carbons (Fsp3) is 0.348. The fourth-order valence-electron chi connectivity index (χ4n) is 4.39. The van der Waals surface area contributed by atoms with Crippen LogP contribution in [0.5, 0.6) is 0 Å². The SMILES string of the molecule is O=C(C(O)c1ccccc1)N1CCC2(CC1)OCCc1cc(-c3cnccn3)sc12. The third kappa shape index (κ3) is 3.43. The van der Waals surface area contributed by atoms with Crippen molar-refractivity contribution in [3.05, 3.63) is 71.0 Å². The molecule has 0 aliphatic carbocycles. The summed E-state index contributed by atoms with van der Waals surface area (Å²) in [6.07, 6.45) is 6.41. The van der Waals surface area contributed by atoms with Crippen LogP contribution < -0.4 is 0 Å². The average molecular weight is 422 g/mol. The van der Waals surface area contributed by atoms with Crippen LogP contribution in [-0.4, -0.2) is 45.6 Å². The standard InChI is InChI=1S/C23H23N3O3S/c27-20(16-4-2-1-3-5-16)22(28)26-11-7-23(8-12-26)21-17(6-13-29-23)14-19(30-21)18-15-24-9-10-25-18/h1-5,9-10,14-15,20,27H,6-8,11-13H2. The Hall–Kier alpha value is -2.61. The number of aliphatic hydroxyl groups excluding tert-OH is 1.